The first-order chi connectivity index (χ1) is 14.6. The molecule has 3 heterocycles. The van der Waals surface area contributed by atoms with Crippen molar-refractivity contribution in [2.24, 2.45) is 0 Å². The number of benzene rings is 2. The Hall–Kier alpha value is -2.92. The van der Waals surface area contributed by atoms with E-state index in [0.29, 0.717) is 19.7 Å². The summed E-state index contributed by atoms with van der Waals surface area (Å²) in [6.45, 7) is 4.07. The molecule has 1 amide bonds. The largest absolute Gasteiger partial charge is 0.496 e. The highest BCUT2D eigenvalue weighted by Crippen LogP contribution is 2.46. The van der Waals surface area contributed by atoms with E-state index in [1.165, 1.54) is 11.1 Å². The van der Waals surface area contributed by atoms with E-state index in [1.807, 2.05) is 48.2 Å². The van der Waals surface area contributed by atoms with E-state index in [1.54, 1.807) is 13.3 Å². The predicted molar refractivity (Wildman–Crippen MR) is 116 cm³/mol. The molecule has 5 rings (SSSR count). The Labute approximate surface area is 176 Å². The van der Waals surface area contributed by atoms with Gasteiger partial charge < -0.3 is 14.4 Å². The molecule has 0 N–H and O–H groups in total. The molecule has 1 fully saturated rings. The molecule has 1 spiro atoms. The molecular formula is C25H26N2O3. The van der Waals surface area contributed by atoms with E-state index in [-0.39, 0.29) is 11.5 Å². The minimum absolute atomic E-state index is 0.0684. The van der Waals surface area contributed by atoms with Gasteiger partial charge in [-0.05, 0) is 56.0 Å². The molecule has 0 aliphatic carbocycles. The van der Waals surface area contributed by atoms with Gasteiger partial charge in [0.15, 0.2) is 0 Å². The molecule has 5 heteroatoms. The summed E-state index contributed by atoms with van der Waals surface area (Å²) < 4.78 is 12.0. The number of likely N-dealkylation sites (tertiary alicyclic amines) is 1. The fraction of sp³-hybridized carbons (Fsp3) is 0.360. The molecule has 154 valence electrons. The summed E-state index contributed by atoms with van der Waals surface area (Å²) >= 11 is 0. The zero-order chi connectivity index (χ0) is 20.7. The number of amides is 1. The fourth-order valence-corrected chi connectivity index (χ4v) is 4.98. The molecule has 2 aliphatic rings. The van der Waals surface area contributed by atoms with Gasteiger partial charge >= 0.3 is 0 Å². The fourth-order valence-electron chi connectivity index (χ4n) is 4.98. The maximum atomic E-state index is 13.4. The third kappa shape index (κ3) is 3.05. The van der Waals surface area contributed by atoms with Gasteiger partial charge in [0.2, 0.25) is 0 Å². The van der Waals surface area contributed by atoms with E-state index >= 15 is 0 Å². The van der Waals surface area contributed by atoms with Gasteiger partial charge in [0, 0.05) is 30.2 Å². The zero-order valence-electron chi connectivity index (χ0n) is 17.5. The number of carbonyl (C=O) groups excluding carboxylic acids is 1. The summed E-state index contributed by atoms with van der Waals surface area (Å²) in [7, 11) is 1.72. The van der Waals surface area contributed by atoms with Crippen molar-refractivity contribution in [3.05, 3.63) is 70.9 Å². The Morgan fingerprint density at radius 1 is 1.17 bits per heavy atom. The smallest absolute Gasteiger partial charge is 0.254 e. The number of hydrogen-bond acceptors (Lipinski definition) is 4. The van der Waals surface area contributed by atoms with Gasteiger partial charge in [-0.15, -0.1) is 0 Å². The number of carbonyl (C=O) groups is 1. The number of ether oxygens (including phenoxy) is 2. The van der Waals surface area contributed by atoms with Gasteiger partial charge in [0.05, 0.1) is 24.8 Å². The lowest BCUT2D eigenvalue weighted by Crippen LogP contribution is -2.48. The van der Waals surface area contributed by atoms with Crippen LogP contribution in [0.2, 0.25) is 0 Å². The molecule has 30 heavy (non-hydrogen) atoms. The molecule has 2 aromatic carbocycles. The number of aryl methyl sites for hydroxylation is 1. The Bertz CT molecular complexity index is 1100. The van der Waals surface area contributed by atoms with Crippen molar-refractivity contribution in [2.75, 3.05) is 26.8 Å². The second kappa shape index (κ2) is 7.40. The Morgan fingerprint density at radius 2 is 2.00 bits per heavy atom. The number of rotatable bonds is 2. The Balaban J connectivity index is 1.43. The van der Waals surface area contributed by atoms with E-state index in [2.05, 4.69) is 11.1 Å². The molecule has 0 bridgehead atoms. The monoisotopic (exact) mass is 402 g/mol. The SMILES string of the molecule is COc1cccc2c1C1(CCN(C(=O)c3ccnc4ccc(C)cc34)CC1)OCC2. The number of hydrogen-bond donors (Lipinski definition) is 0. The van der Waals surface area contributed by atoms with E-state index in [9.17, 15) is 4.79 Å². The summed E-state index contributed by atoms with van der Waals surface area (Å²) in [4.78, 5) is 19.8. The lowest BCUT2D eigenvalue weighted by Gasteiger charge is -2.45. The van der Waals surface area contributed by atoms with Gasteiger partial charge in [0.25, 0.3) is 5.91 Å². The van der Waals surface area contributed by atoms with E-state index in [0.717, 1.165) is 47.0 Å². The molecule has 0 saturated carbocycles. The van der Waals surface area contributed by atoms with Gasteiger partial charge in [-0.1, -0.05) is 23.8 Å². The van der Waals surface area contributed by atoms with Crippen molar-refractivity contribution >= 4 is 16.8 Å². The summed E-state index contributed by atoms with van der Waals surface area (Å²) in [6.07, 6.45) is 4.17. The minimum atomic E-state index is -0.367. The molecule has 1 saturated heterocycles. The number of nitrogens with zero attached hydrogens (tertiary/aromatic N) is 2. The molecule has 5 nitrogen and oxygen atoms in total. The summed E-state index contributed by atoms with van der Waals surface area (Å²) in [5.74, 6) is 0.960. The van der Waals surface area contributed by atoms with Crippen LogP contribution in [0.15, 0.2) is 48.7 Å². The highest BCUT2D eigenvalue weighted by Gasteiger charge is 2.43. The van der Waals surface area contributed by atoms with Gasteiger partial charge in [-0.25, -0.2) is 0 Å². The first-order valence-corrected chi connectivity index (χ1v) is 10.6. The topological polar surface area (TPSA) is 51.7 Å². The van der Waals surface area contributed by atoms with Crippen molar-refractivity contribution in [1.82, 2.24) is 9.88 Å². The predicted octanol–water partition coefficient (Wildman–Crippen LogP) is 4.26. The summed E-state index contributed by atoms with van der Waals surface area (Å²) in [5, 5.41) is 0.920. The minimum Gasteiger partial charge on any atom is -0.496 e. The standard InChI is InChI=1S/C25H26N2O3/c1-17-6-7-21-20(16-17)19(8-12-26-21)24(28)27-13-10-25(11-14-27)23-18(9-15-30-25)4-3-5-22(23)29-2/h3-8,12,16H,9-11,13-15H2,1-2H3. The van der Waals surface area contributed by atoms with Crippen molar-refractivity contribution in [3.8, 4) is 5.75 Å². The Morgan fingerprint density at radius 3 is 2.80 bits per heavy atom. The number of aromatic nitrogens is 1. The van der Waals surface area contributed by atoms with E-state index < -0.39 is 0 Å². The lowest BCUT2D eigenvalue weighted by atomic mass is 9.78. The van der Waals surface area contributed by atoms with Crippen molar-refractivity contribution < 1.29 is 14.3 Å². The maximum Gasteiger partial charge on any atom is 0.254 e. The van der Waals surface area contributed by atoms with Crippen LogP contribution in [-0.4, -0.2) is 42.6 Å². The average Bonchev–Trinajstić information content (AvgIpc) is 2.78. The molecule has 0 radical (unpaired) electrons. The normalized spacial score (nSPS) is 17.7. The second-order valence-electron chi connectivity index (χ2n) is 8.26. The van der Waals surface area contributed by atoms with Gasteiger partial charge in [0.1, 0.15) is 11.4 Å². The number of fused-ring (bicyclic) bond motifs is 3. The third-order valence-corrected chi connectivity index (χ3v) is 6.52. The van der Waals surface area contributed by atoms with Crippen LogP contribution >= 0.6 is 0 Å². The third-order valence-electron chi connectivity index (χ3n) is 6.52. The first kappa shape index (κ1) is 19.1. The van der Waals surface area contributed by atoms with Gasteiger partial charge in [-0.2, -0.15) is 0 Å². The van der Waals surface area contributed by atoms with Crippen molar-refractivity contribution in [3.63, 3.8) is 0 Å². The maximum absolute atomic E-state index is 13.4. The van der Waals surface area contributed by atoms with Crippen LogP contribution in [0.5, 0.6) is 5.75 Å². The second-order valence-corrected chi connectivity index (χ2v) is 8.26. The van der Waals surface area contributed by atoms with Crippen molar-refractivity contribution in [2.45, 2.75) is 31.8 Å². The van der Waals surface area contributed by atoms with Crippen LogP contribution in [0.4, 0.5) is 0 Å². The Kier molecular flexibility index (Phi) is 4.70. The highest BCUT2D eigenvalue weighted by atomic mass is 16.5. The van der Waals surface area contributed by atoms with Crippen LogP contribution in [-0.2, 0) is 16.8 Å². The van der Waals surface area contributed by atoms with Crippen LogP contribution in [0.3, 0.4) is 0 Å². The van der Waals surface area contributed by atoms with Crippen LogP contribution in [0, 0.1) is 6.92 Å². The quantitative estimate of drug-likeness (QED) is 0.643. The average molecular weight is 402 g/mol. The van der Waals surface area contributed by atoms with Gasteiger partial charge in [-0.3, -0.25) is 9.78 Å². The molecule has 0 unspecified atom stereocenters. The van der Waals surface area contributed by atoms with E-state index in [4.69, 9.17) is 9.47 Å². The molecule has 3 aromatic rings. The highest BCUT2D eigenvalue weighted by molar-refractivity contribution is 6.06. The van der Waals surface area contributed by atoms with Crippen molar-refractivity contribution in [1.29, 1.82) is 0 Å². The lowest BCUT2D eigenvalue weighted by molar-refractivity contribution is -0.0946. The molecule has 0 atom stereocenters. The first-order valence-electron chi connectivity index (χ1n) is 10.6. The number of methoxy groups -OCH3 is 1. The van der Waals surface area contributed by atoms with Crippen LogP contribution < -0.4 is 4.74 Å². The molecular weight excluding hydrogens is 376 g/mol. The molecule has 1 aromatic heterocycles. The summed E-state index contributed by atoms with van der Waals surface area (Å²) in [5.41, 5.74) is 4.82. The number of pyridine rings is 1. The zero-order valence-corrected chi connectivity index (χ0v) is 17.5. The van der Waals surface area contributed by atoms with Crippen LogP contribution in [0.25, 0.3) is 10.9 Å². The number of piperidine rings is 1. The summed E-state index contributed by atoms with van der Waals surface area (Å²) in [6, 6.07) is 14.1. The van der Waals surface area contributed by atoms with Crippen LogP contribution in [0.1, 0.15) is 39.9 Å². The molecule has 2 aliphatic heterocycles.